The van der Waals surface area contributed by atoms with Gasteiger partial charge in [-0.05, 0) is 49.6 Å². The first-order valence-electron chi connectivity index (χ1n) is 11.7. The summed E-state index contributed by atoms with van der Waals surface area (Å²) in [5, 5.41) is 2.56. The van der Waals surface area contributed by atoms with Crippen LogP contribution in [0.4, 0.5) is 23.7 Å². The summed E-state index contributed by atoms with van der Waals surface area (Å²) in [6.45, 7) is 3.05. The fraction of sp³-hybridized carbons (Fsp3) is 0.370. The molecule has 0 bridgehead atoms. The summed E-state index contributed by atoms with van der Waals surface area (Å²) in [6.07, 6.45) is 2.29. The van der Waals surface area contributed by atoms with Crippen LogP contribution in [0.25, 0.3) is 0 Å². The van der Waals surface area contributed by atoms with Gasteiger partial charge < -0.3 is 14.8 Å². The summed E-state index contributed by atoms with van der Waals surface area (Å²) >= 11 is 0. The van der Waals surface area contributed by atoms with Crippen molar-refractivity contribution < 1.29 is 18.0 Å². The Morgan fingerprint density at radius 3 is 2.53 bits per heavy atom. The zero-order valence-electron chi connectivity index (χ0n) is 19.3. The molecule has 1 aliphatic rings. The van der Waals surface area contributed by atoms with E-state index in [0.717, 1.165) is 49.4 Å². The number of urea groups is 1. The molecule has 0 saturated heterocycles. The first-order chi connectivity index (χ1) is 16.3. The van der Waals surface area contributed by atoms with Crippen molar-refractivity contribution in [1.82, 2.24) is 9.47 Å². The third-order valence-corrected chi connectivity index (χ3v) is 6.44. The number of alkyl halides is 3. The fourth-order valence-corrected chi connectivity index (χ4v) is 4.71. The van der Waals surface area contributed by atoms with Gasteiger partial charge in [0.2, 0.25) is 0 Å². The average molecular weight is 470 g/mol. The molecule has 0 atom stereocenters. The zero-order valence-corrected chi connectivity index (χ0v) is 19.3. The SMILES string of the molecule is Cc1cccc(Cn2cccc2CN(C(=O)Nc2ccccc2C(F)(F)F)C2CCCCC2)c1. The van der Waals surface area contributed by atoms with E-state index in [0.29, 0.717) is 13.1 Å². The van der Waals surface area contributed by atoms with Crippen molar-refractivity contribution in [2.75, 3.05) is 5.32 Å². The number of para-hydroxylation sites is 1. The molecule has 180 valence electrons. The Bertz CT molecular complexity index is 1120. The van der Waals surface area contributed by atoms with Gasteiger partial charge in [0, 0.05) is 24.5 Å². The largest absolute Gasteiger partial charge is 0.418 e. The fourth-order valence-electron chi connectivity index (χ4n) is 4.71. The second-order valence-corrected chi connectivity index (χ2v) is 9.01. The van der Waals surface area contributed by atoms with E-state index in [1.807, 2.05) is 37.4 Å². The molecule has 0 unspecified atom stereocenters. The quantitative estimate of drug-likeness (QED) is 0.406. The van der Waals surface area contributed by atoms with Gasteiger partial charge in [0.25, 0.3) is 0 Å². The number of amides is 2. The third kappa shape index (κ3) is 5.82. The molecule has 0 radical (unpaired) electrons. The highest BCUT2D eigenvalue weighted by molar-refractivity contribution is 5.90. The Balaban J connectivity index is 1.57. The number of aromatic nitrogens is 1. The van der Waals surface area contributed by atoms with E-state index >= 15 is 0 Å². The summed E-state index contributed by atoms with van der Waals surface area (Å²) in [7, 11) is 0. The number of nitrogens with one attached hydrogen (secondary N) is 1. The molecule has 34 heavy (non-hydrogen) atoms. The molecule has 7 heteroatoms. The van der Waals surface area contributed by atoms with E-state index in [2.05, 4.69) is 22.0 Å². The summed E-state index contributed by atoms with van der Waals surface area (Å²) in [6, 6.07) is 16.8. The number of benzene rings is 2. The molecule has 1 aliphatic carbocycles. The van der Waals surface area contributed by atoms with Gasteiger partial charge in [-0.1, -0.05) is 61.2 Å². The van der Waals surface area contributed by atoms with Crippen molar-refractivity contribution in [3.63, 3.8) is 0 Å². The van der Waals surface area contributed by atoms with Gasteiger partial charge in [-0.2, -0.15) is 13.2 Å². The highest BCUT2D eigenvalue weighted by Gasteiger charge is 2.34. The van der Waals surface area contributed by atoms with Gasteiger partial charge in [-0.25, -0.2) is 4.79 Å². The van der Waals surface area contributed by atoms with Gasteiger partial charge in [0.1, 0.15) is 0 Å². The molecule has 1 heterocycles. The normalized spacial score (nSPS) is 14.7. The van der Waals surface area contributed by atoms with E-state index in [9.17, 15) is 18.0 Å². The lowest BCUT2D eigenvalue weighted by Crippen LogP contribution is -2.44. The van der Waals surface area contributed by atoms with Crippen molar-refractivity contribution in [3.8, 4) is 0 Å². The molecule has 4 rings (SSSR count). The number of rotatable bonds is 6. The van der Waals surface area contributed by atoms with Crippen molar-refractivity contribution in [2.45, 2.75) is 64.3 Å². The minimum Gasteiger partial charge on any atom is -0.345 e. The molecule has 3 aromatic rings. The molecule has 1 N–H and O–H groups in total. The Morgan fingerprint density at radius 2 is 1.79 bits per heavy atom. The van der Waals surface area contributed by atoms with Gasteiger partial charge in [-0.3, -0.25) is 0 Å². The highest BCUT2D eigenvalue weighted by atomic mass is 19.4. The molecule has 4 nitrogen and oxygen atoms in total. The number of halogens is 3. The third-order valence-electron chi connectivity index (χ3n) is 6.44. The van der Waals surface area contributed by atoms with Crippen LogP contribution in [-0.4, -0.2) is 21.5 Å². The lowest BCUT2D eigenvalue weighted by atomic mass is 9.94. The van der Waals surface area contributed by atoms with Crippen LogP contribution in [0.15, 0.2) is 66.9 Å². The number of carbonyl (C=O) groups excluding carboxylic acids is 1. The smallest absolute Gasteiger partial charge is 0.345 e. The first kappa shape index (κ1) is 23.9. The number of hydrogen-bond acceptors (Lipinski definition) is 1. The second-order valence-electron chi connectivity index (χ2n) is 9.01. The number of carbonyl (C=O) groups is 1. The van der Waals surface area contributed by atoms with Gasteiger partial charge in [-0.15, -0.1) is 0 Å². The standard InChI is InChI=1S/C27H30F3N3O/c1-20-9-7-10-21(17-20)18-32-16-8-13-23(32)19-33(22-11-3-2-4-12-22)26(34)31-25-15-6-5-14-24(25)27(28,29)30/h5-10,13-17,22H,2-4,11-12,18-19H2,1H3,(H,31,34). The van der Waals surface area contributed by atoms with Crippen molar-refractivity contribution in [1.29, 1.82) is 0 Å². The number of nitrogens with zero attached hydrogens (tertiary/aromatic N) is 2. The van der Waals surface area contributed by atoms with Crippen LogP contribution in [0.3, 0.4) is 0 Å². The average Bonchev–Trinajstić information content (AvgIpc) is 3.24. The summed E-state index contributed by atoms with van der Waals surface area (Å²) in [4.78, 5) is 15.1. The van der Waals surface area contributed by atoms with Crippen LogP contribution >= 0.6 is 0 Å². The van der Waals surface area contributed by atoms with E-state index < -0.39 is 17.8 Å². The number of aryl methyl sites for hydroxylation is 1. The molecular weight excluding hydrogens is 439 g/mol. The van der Waals surface area contributed by atoms with Crippen LogP contribution in [-0.2, 0) is 19.3 Å². The van der Waals surface area contributed by atoms with Crippen molar-refractivity contribution in [3.05, 3.63) is 89.2 Å². The van der Waals surface area contributed by atoms with Crippen LogP contribution < -0.4 is 5.32 Å². The topological polar surface area (TPSA) is 37.3 Å². The van der Waals surface area contributed by atoms with Gasteiger partial charge in [0.05, 0.1) is 17.8 Å². The van der Waals surface area contributed by atoms with E-state index in [1.165, 1.54) is 23.8 Å². The first-order valence-corrected chi connectivity index (χ1v) is 11.7. The summed E-state index contributed by atoms with van der Waals surface area (Å²) in [5.74, 6) is 0. The molecule has 2 aromatic carbocycles. The van der Waals surface area contributed by atoms with Crippen molar-refractivity contribution >= 4 is 11.7 Å². The lowest BCUT2D eigenvalue weighted by molar-refractivity contribution is -0.136. The van der Waals surface area contributed by atoms with E-state index in [4.69, 9.17) is 0 Å². The molecule has 1 fully saturated rings. The maximum atomic E-state index is 13.5. The summed E-state index contributed by atoms with van der Waals surface area (Å²) in [5.41, 5.74) is 2.24. The molecule has 1 saturated carbocycles. The molecule has 1 aromatic heterocycles. The maximum Gasteiger partial charge on any atom is 0.418 e. The molecular formula is C27H30F3N3O. The molecule has 0 aliphatic heterocycles. The minimum absolute atomic E-state index is 0.00545. The monoisotopic (exact) mass is 469 g/mol. The van der Waals surface area contributed by atoms with Gasteiger partial charge in [0.15, 0.2) is 0 Å². The van der Waals surface area contributed by atoms with Crippen LogP contribution in [0.2, 0.25) is 0 Å². The van der Waals surface area contributed by atoms with Crippen LogP contribution in [0.5, 0.6) is 0 Å². The van der Waals surface area contributed by atoms with Crippen LogP contribution in [0, 0.1) is 6.92 Å². The molecule has 2 amide bonds. The van der Waals surface area contributed by atoms with Gasteiger partial charge >= 0.3 is 12.2 Å². The second kappa shape index (κ2) is 10.4. The number of hydrogen-bond donors (Lipinski definition) is 1. The Kier molecular flexibility index (Phi) is 7.29. The van der Waals surface area contributed by atoms with Crippen LogP contribution in [0.1, 0.15) is 54.5 Å². The predicted molar refractivity (Wildman–Crippen MR) is 128 cm³/mol. The van der Waals surface area contributed by atoms with E-state index in [1.54, 1.807) is 4.90 Å². The zero-order chi connectivity index (χ0) is 24.1. The maximum absolute atomic E-state index is 13.5. The Morgan fingerprint density at radius 1 is 1.03 bits per heavy atom. The summed E-state index contributed by atoms with van der Waals surface area (Å²) < 4.78 is 42.5. The predicted octanol–water partition coefficient (Wildman–Crippen LogP) is 7.23. The lowest BCUT2D eigenvalue weighted by Gasteiger charge is -2.35. The number of anilines is 1. The Hall–Kier alpha value is -3.22. The molecule has 0 spiro atoms. The van der Waals surface area contributed by atoms with Crippen molar-refractivity contribution in [2.24, 2.45) is 0 Å². The highest BCUT2D eigenvalue weighted by Crippen LogP contribution is 2.35. The Labute approximate surface area is 198 Å². The van der Waals surface area contributed by atoms with E-state index in [-0.39, 0.29) is 11.7 Å². The minimum atomic E-state index is -4.54.